The number of amides is 1. The Hall–Kier alpha value is -1.36. The molecule has 104 valence electrons. The highest BCUT2D eigenvalue weighted by atomic mass is 16.5. The van der Waals surface area contributed by atoms with Gasteiger partial charge in [-0.2, -0.15) is 0 Å². The normalized spacial score (nSPS) is 31.1. The largest absolute Gasteiger partial charge is 0.389 e. The van der Waals surface area contributed by atoms with E-state index in [1.54, 1.807) is 17.9 Å². The maximum Gasteiger partial charge on any atom is 0.292 e. The number of carbonyl (C=O) groups is 1. The van der Waals surface area contributed by atoms with Crippen LogP contribution >= 0.6 is 0 Å². The van der Waals surface area contributed by atoms with Crippen molar-refractivity contribution in [3.8, 4) is 0 Å². The molecule has 2 aliphatic rings. The van der Waals surface area contributed by atoms with Gasteiger partial charge in [0.25, 0.3) is 5.91 Å². The van der Waals surface area contributed by atoms with Crippen LogP contribution in [-0.4, -0.2) is 39.8 Å². The molecule has 1 saturated carbocycles. The number of aromatic nitrogens is 1. The fourth-order valence-corrected chi connectivity index (χ4v) is 3.38. The molecule has 2 atom stereocenters. The van der Waals surface area contributed by atoms with Crippen LogP contribution in [0.3, 0.4) is 0 Å². The molecular weight excluding hydrogens is 244 g/mol. The summed E-state index contributed by atoms with van der Waals surface area (Å²) in [5.74, 6) is 0.412. The number of hydrogen-bond acceptors (Lipinski definition) is 4. The summed E-state index contributed by atoms with van der Waals surface area (Å²) in [5.41, 5.74) is 0.168. The van der Waals surface area contributed by atoms with E-state index in [-0.39, 0.29) is 11.8 Å². The van der Waals surface area contributed by atoms with Crippen molar-refractivity contribution in [1.29, 1.82) is 0 Å². The summed E-state index contributed by atoms with van der Waals surface area (Å²) in [5, 5.41) is 14.3. The van der Waals surface area contributed by atoms with E-state index in [1.807, 2.05) is 0 Å². The molecule has 1 aliphatic heterocycles. The third-order valence-electron chi connectivity index (χ3n) is 4.55. The van der Waals surface area contributed by atoms with Gasteiger partial charge in [-0.25, -0.2) is 0 Å². The van der Waals surface area contributed by atoms with Gasteiger partial charge in [0.1, 0.15) is 0 Å². The van der Waals surface area contributed by atoms with Crippen LogP contribution in [0, 0.1) is 12.8 Å². The van der Waals surface area contributed by atoms with Crippen molar-refractivity contribution in [2.75, 3.05) is 13.1 Å². The van der Waals surface area contributed by atoms with Gasteiger partial charge in [-0.15, -0.1) is 0 Å². The van der Waals surface area contributed by atoms with E-state index in [9.17, 15) is 9.90 Å². The van der Waals surface area contributed by atoms with E-state index in [4.69, 9.17) is 4.52 Å². The first-order valence-corrected chi connectivity index (χ1v) is 7.03. The topological polar surface area (TPSA) is 66.6 Å². The Morgan fingerprint density at radius 1 is 1.53 bits per heavy atom. The molecule has 0 aromatic carbocycles. The number of rotatable bonds is 1. The summed E-state index contributed by atoms with van der Waals surface area (Å²) in [4.78, 5) is 14.1. The Labute approximate surface area is 112 Å². The van der Waals surface area contributed by atoms with Crippen molar-refractivity contribution < 1.29 is 14.4 Å². The van der Waals surface area contributed by atoms with Crippen molar-refractivity contribution in [1.82, 2.24) is 10.1 Å². The maximum absolute atomic E-state index is 12.3. The minimum absolute atomic E-state index is 0.103. The third-order valence-corrected chi connectivity index (χ3v) is 4.55. The molecule has 5 heteroatoms. The predicted molar refractivity (Wildman–Crippen MR) is 68.7 cm³/mol. The van der Waals surface area contributed by atoms with Crippen LogP contribution < -0.4 is 0 Å². The summed E-state index contributed by atoms with van der Waals surface area (Å²) < 4.78 is 5.04. The van der Waals surface area contributed by atoms with Crippen LogP contribution in [0.5, 0.6) is 0 Å². The number of likely N-dealkylation sites (tertiary alicyclic amines) is 1. The zero-order chi connectivity index (χ0) is 13.5. The highest BCUT2D eigenvalue weighted by Gasteiger charge is 2.44. The van der Waals surface area contributed by atoms with Gasteiger partial charge < -0.3 is 14.5 Å². The number of aryl methyl sites for hydroxylation is 1. The number of fused-ring (bicyclic) bond motifs is 1. The van der Waals surface area contributed by atoms with Gasteiger partial charge in [-0.1, -0.05) is 18.0 Å². The van der Waals surface area contributed by atoms with Crippen LogP contribution in [0.25, 0.3) is 0 Å². The molecule has 3 rings (SSSR count). The van der Waals surface area contributed by atoms with Gasteiger partial charge in [-0.05, 0) is 26.2 Å². The molecule has 1 aliphatic carbocycles. The molecule has 0 bridgehead atoms. The Morgan fingerprint density at radius 2 is 2.37 bits per heavy atom. The Balaban J connectivity index is 1.72. The van der Waals surface area contributed by atoms with Crippen molar-refractivity contribution in [3.63, 3.8) is 0 Å². The monoisotopic (exact) mass is 264 g/mol. The zero-order valence-electron chi connectivity index (χ0n) is 11.3. The molecule has 2 fully saturated rings. The summed E-state index contributed by atoms with van der Waals surface area (Å²) in [7, 11) is 0. The number of nitrogens with zero attached hydrogens (tertiary/aromatic N) is 2. The van der Waals surface area contributed by atoms with E-state index in [1.165, 1.54) is 0 Å². The molecular formula is C14H20N2O3. The van der Waals surface area contributed by atoms with Crippen molar-refractivity contribution >= 4 is 5.91 Å². The minimum atomic E-state index is -0.549. The van der Waals surface area contributed by atoms with Gasteiger partial charge >= 0.3 is 0 Å². The third kappa shape index (κ3) is 2.27. The average Bonchev–Trinajstić information content (AvgIpc) is 2.83. The van der Waals surface area contributed by atoms with Crippen LogP contribution in [0.2, 0.25) is 0 Å². The molecule has 1 amide bonds. The standard InChI is InChI=1S/C14H20N2O3/c1-10-8-12(19-15-10)13(17)16-7-6-14(18)5-3-2-4-11(14)9-16/h8,11,18H,2-7,9H2,1H3. The molecule has 19 heavy (non-hydrogen) atoms. The van der Waals surface area contributed by atoms with E-state index >= 15 is 0 Å². The van der Waals surface area contributed by atoms with Gasteiger partial charge in [0.2, 0.25) is 5.76 Å². The van der Waals surface area contributed by atoms with E-state index < -0.39 is 5.60 Å². The molecule has 0 radical (unpaired) electrons. The lowest BCUT2D eigenvalue weighted by molar-refractivity contribution is -0.0889. The summed E-state index contributed by atoms with van der Waals surface area (Å²) in [6.07, 6.45) is 4.81. The molecule has 1 aromatic heterocycles. The quantitative estimate of drug-likeness (QED) is 0.839. The number of hydrogen-bond donors (Lipinski definition) is 1. The van der Waals surface area contributed by atoms with Crippen LogP contribution in [0.15, 0.2) is 10.6 Å². The molecule has 2 unspecified atom stereocenters. The first-order valence-electron chi connectivity index (χ1n) is 7.03. The first-order chi connectivity index (χ1) is 9.08. The Bertz CT molecular complexity index is 485. The lowest BCUT2D eigenvalue weighted by atomic mass is 9.71. The molecule has 0 spiro atoms. The van der Waals surface area contributed by atoms with Gasteiger partial charge in [0.05, 0.1) is 11.3 Å². The predicted octanol–water partition coefficient (Wildman–Crippen LogP) is 1.75. The van der Waals surface area contributed by atoms with E-state index in [0.29, 0.717) is 25.3 Å². The van der Waals surface area contributed by atoms with Gasteiger partial charge in [-0.3, -0.25) is 4.79 Å². The molecule has 1 N–H and O–H groups in total. The van der Waals surface area contributed by atoms with Crippen LogP contribution in [-0.2, 0) is 0 Å². The SMILES string of the molecule is Cc1cc(C(=O)N2CCC3(O)CCCCC3C2)on1. The van der Waals surface area contributed by atoms with Crippen molar-refractivity contribution in [3.05, 3.63) is 17.5 Å². The zero-order valence-corrected chi connectivity index (χ0v) is 11.3. The van der Waals surface area contributed by atoms with Crippen molar-refractivity contribution in [2.45, 2.75) is 44.6 Å². The number of piperidine rings is 1. The number of aliphatic hydroxyl groups is 1. The van der Waals surface area contributed by atoms with E-state index in [2.05, 4.69) is 5.16 Å². The smallest absolute Gasteiger partial charge is 0.292 e. The second-order valence-electron chi connectivity index (χ2n) is 5.88. The lowest BCUT2D eigenvalue weighted by Crippen LogP contribution is -2.54. The number of carbonyl (C=O) groups excluding carboxylic acids is 1. The highest BCUT2D eigenvalue weighted by Crippen LogP contribution is 2.39. The molecule has 5 nitrogen and oxygen atoms in total. The summed E-state index contributed by atoms with van der Waals surface area (Å²) in [6, 6.07) is 1.67. The average molecular weight is 264 g/mol. The fourth-order valence-electron chi connectivity index (χ4n) is 3.38. The van der Waals surface area contributed by atoms with Crippen molar-refractivity contribution in [2.24, 2.45) is 5.92 Å². The maximum atomic E-state index is 12.3. The van der Waals surface area contributed by atoms with Crippen LogP contribution in [0.1, 0.15) is 48.4 Å². The van der Waals surface area contributed by atoms with E-state index in [0.717, 1.165) is 31.4 Å². The summed E-state index contributed by atoms with van der Waals surface area (Å²) >= 11 is 0. The fraction of sp³-hybridized carbons (Fsp3) is 0.714. The molecule has 2 heterocycles. The molecule has 1 saturated heterocycles. The van der Waals surface area contributed by atoms with Gasteiger partial charge in [0.15, 0.2) is 0 Å². The molecule has 1 aromatic rings. The second kappa shape index (κ2) is 4.63. The Kier molecular flexibility index (Phi) is 3.09. The second-order valence-corrected chi connectivity index (χ2v) is 5.88. The van der Waals surface area contributed by atoms with Crippen LogP contribution in [0.4, 0.5) is 0 Å². The Morgan fingerprint density at radius 3 is 3.11 bits per heavy atom. The van der Waals surface area contributed by atoms with Gasteiger partial charge in [0, 0.05) is 25.1 Å². The lowest BCUT2D eigenvalue weighted by Gasteiger charge is -2.47. The minimum Gasteiger partial charge on any atom is -0.389 e. The first kappa shape index (κ1) is 12.7. The summed E-state index contributed by atoms with van der Waals surface area (Å²) in [6.45, 7) is 3.04. The highest BCUT2D eigenvalue weighted by molar-refractivity contribution is 5.91.